The molecule has 2 N–H and O–H groups in total. The van der Waals surface area contributed by atoms with E-state index in [0.29, 0.717) is 24.0 Å². The lowest BCUT2D eigenvalue weighted by Crippen LogP contribution is -2.09. The van der Waals surface area contributed by atoms with E-state index in [1.54, 1.807) is 25.0 Å². The molecule has 0 saturated heterocycles. The Kier molecular flexibility index (Phi) is 3.18. The zero-order valence-electron chi connectivity index (χ0n) is 9.95. The summed E-state index contributed by atoms with van der Waals surface area (Å²) in [7, 11) is 1.78. The molecule has 0 aliphatic carbocycles. The second-order valence-electron chi connectivity index (χ2n) is 3.69. The van der Waals surface area contributed by atoms with Gasteiger partial charge in [-0.1, -0.05) is 0 Å². The second kappa shape index (κ2) is 4.78. The summed E-state index contributed by atoms with van der Waals surface area (Å²) in [5, 5.41) is 15.9. The normalized spacial score (nSPS) is 10.3. The van der Waals surface area contributed by atoms with Crippen molar-refractivity contribution in [3.63, 3.8) is 0 Å². The van der Waals surface area contributed by atoms with Crippen LogP contribution in [-0.4, -0.2) is 35.8 Å². The molecule has 8 heteroatoms. The average molecular weight is 248 g/mol. The molecule has 2 heterocycles. The Hall–Kier alpha value is -2.51. The molecule has 2 aromatic heterocycles. The Labute approximate surface area is 103 Å². The Morgan fingerprint density at radius 1 is 1.50 bits per heavy atom. The Morgan fingerprint density at radius 3 is 2.83 bits per heavy atom. The van der Waals surface area contributed by atoms with Crippen molar-refractivity contribution in [2.75, 3.05) is 5.32 Å². The first-order valence-electron chi connectivity index (χ1n) is 5.21. The average Bonchev–Trinajstić information content (AvgIpc) is 2.72. The van der Waals surface area contributed by atoms with Crippen LogP contribution in [0, 0.1) is 6.92 Å². The zero-order chi connectivity index (χ0) is 13.1. The number of nitrogens with one attached hydrogen (secondary N) is 1. The number of aryl methyl sites for hydroxylation is 2. The van der Waals surface area contributed by atoms with Crippen molar-refractivity contribution in [1.82, 2.24) is 24.7 Å². The van der Waals surface area contributed by atoms with Crippen LogP contribution in [0.4, 0.5) is 5.95 Å². The van der Waals surface area contributed by atoms with Crippen molar-refractivity contribution >= 4 is 11.9 Å². The van der Waals surface area contributed by atoms with E-state index in [9.17, 15) is 4.79 Å². The molecular formula is C10H12N6O2. The lowest BCUT2D eigenvalue weighted by molar-refractivity contribution is 0.0695. The van der Waals surface area contributed by atoms with E-state index in [4.69, 9.17) is 5.11 Å². The molecule has 94 valence electrons. The van der Waals surface area contributed by atoms with Gasteiger partial charge in [-0.05, 0) is 6.92 Å². The van der Waals surface area contributed by atoms with E-state index < -0.39 is 5.97 Å². The molecule has 2 rings (SSSR count). The Balaban J connectivity index is 2.06. The number of hydrogen-bond acceptors (Lipinski definition) is 6. The summed E-state index contributed by atoms with van der Waals surface area (Å²) in [6.45, 7) is 2.00. The Morgan fingerprint density at radius 2 is 2.28 bits per heavy atom. The quantitative estimate of drug-likeness (QED) is 0.797. The van der Waals surface area contributed by atoms with E-state index in [0.717, 1.165) is 0 Å². The molecule has 0 spiro atoms. The van der Waals surface area contributed by atoms with Gasteiger partial charge in [0.15, 0.2) is 5.82 Å². The van der Waals surface area contributed by atoms with Gasteiger partial charge in [-0.2, -0.15) is 5.10 Å². The fraction of sp³-hybridized carbons (Fsp3) is 0.300. The summed E-state index contributed by atoms with van der Waals surface area (Å²) in [5.41, 5.74) is 0.505. The smallest absolute Gasteiger partial charge is 0.339 e. The molecule has 0 fully saturated rings. The first kappa shape index (κ1) is 12.0. The topological polar surface area (TPSA) is 106 Å². The first-order valence-corrected chi connectivity index (χ1v) is 5.21. The predicted molar refractivity (Wildman–Crippen MR) is 62.1 cm³/mol. The van der Waals surface area contributed by atoms with Gasteiger partial charge in [-0.25, -0.2) is 19.7 Å². The summed E-state index contributed by atoms with van der Waals surface area (Å²) in [6.07, 6.45) is 2.87. The van der Waals surface area contributed by atoms with Crippen molar-refractivity contribution in [3.8, 4) is 0 Å². The lowest BCUT2D eigenvalue weighted by atomic mass is 10.2. The van der Waals surface area contributed by atoms with Crippen LogP contribution in [0.1, 0.15) is 21.9 Å². The van der Waals surface area contributed by atoms with Gasteiger partial charge in [0.1, 0.15) is 6.33 Å². The van der Waals surface area contributed by atoms with Crippen LogP contribution in [0.15, 0.2) is 12.5 Å². The third-order valence-corrected chi connectivity index (χ3v) is 2.26. The lowest BCUT2D eigenvalue weighted by Gasteiger charge is -2.04. The number of hydrogen-bond donors (Lipinski definition) is 2. The molecule has 0 aliphatic heterocycles. The van der Waals surface area contributed by atoms with Gasteiger partial charge in [0.05, 0.1) is 17.8 Å². The predicted octanol–water partition coefficient (Wildman–Crippen LogP) is 0.224. The molecule has 2 aromatic rings. The summed E-state index contributed by atoms with van der Waals surface area (Å²) < 4.78 is 1.59. The third kappa shape index (κ3) is 2.59. The van der Waals surface area contributed by atoms with Gasteiger partial charge < -0.3 is 10.4 Å². The van der Waals surface area contributed by atoms with Crippen molar-refractivity contribution in [1.29, 1.82) is 0 Å². The minimum Gasteiger partial charge on any atom is -0.478 e. The van der Waals surface area contributed by atoms with Crippen molar-refractivity contribution in [3.05, 3.63) is 29.6 Å². The van der Waals surface area contributed by atoms with E-state index >= 15 is 0 Å². The summed E-state index contributed by atoms with van der Waals surface area (Å²) in [6, 6.07) is 0. The minimum absolute atomic E-state index is 0.0940. The van der Waals surface area contributed by atoms with E-state index in [-0.39, 0.29) is 5.56 Å². The zero-order valence-corrected chi connectivity index (χ0v) is 9.95. The van der Waals surface area contributed by atoms with Crippen LogP contribution in [0.3, 0.4) is 0 Å². The van der Waals surface area contributed by atoms with Crippen LogP contribution < -0.4 is 5.32 Å². The molecule has 0 atom stereocenters. The molecule has 0 bridgehead atoms. The number of anilines is 1. The summed E-state index contributed by atoms with van der Waals surface area (Å²) >= 11 is 0. The van der Waals surface area contributed by atoms with Crippen LogP contribution in [0.5, 0.6) is 0 Å². The van der Waals surface area contributed by atoms with Gasteiger partial charge in [-0.15, -0.1) is 0 Å². The molecule has 0 radical (unpaired) electrons. The number of nitrogens with zero attached hydrogens (tertiary/aromatic N) is 5. The number of aromatic nitrogens is 5. The number of carboxylic acid groups (broad SMARTS) is 1. The minimum atomic E-state index is -1.04. The molecule has 0 saturated carbocycles. The maximum atomic E-state index is 10.8. The van der Waals surface area contributed by atoms with E-state index in [1.165, 1.54) is 6.20 Å². The van der Waals surface area contributed by atoms with E-state index in [1.807, 2.05) is 0 Å². The highest BCUT2D eigenvalue weighted by Gasteiger charge is 2.09. The molecule has 0 aromatic carbocycles. The SMILES string of the molecule is Cc1nc(NCc2ncn(C)n2)ncc1C(=O)O. The number of aromatic carboxylic acids is 1. The van der Waals surface area contributed by atoms with Gasteiger partial charge in [0.2, 0.25) is 5.95 Å². The maximum absolute atomic E-state index is 10.8. The fourth-order valence-electron chi connectivity index (χ4n) is 1.39. The number of rotatable bonds is 4. The summed E-state index contributed by atoms with van der Waals surface area (Å²) in [4.78, 5) is 22.8. The van der Waals surface area contributed by atoms with Crippen LogP contribution >= 0.6 is 0 Å². The highest BCUT2D eigenvalue weighted by molar-refractivity contribution is 5.88. The van der Waals surface area contributed by atoms with Gasteiger partial charge in [-0.3, -0.25) is 4.68 Å². The molecule has 0 amide bonds. The molecular weight excluding hydrogens is 236 g/mol. The van der Waals surface area contributed by atoms with Gasteiger partial charge in [0, 0.05) is 13.2 Å². The highest BCUT2D eigenvalue weighted by atomic mass is 16.4. The number of carboxylic acids is 1. The standard InChI is InChI=1S/C10H12N6O2/c1-6-7(9(17)18)3-11-10(14-6)12-4-8-13-5-16(2)15-8/h3,5H,4H2,1-2H3,(H,17,18)(H,11,12,14). The first-order chi connectivity index (χ1) is 8.56. The van der Waals surface area contributed by atoms with Crippen molar-refractivity contribution in [2.24, 2.45) is 7.05 Å². The number of carbonyl (C=O) groups is 1. The van der Waals surface area contributed by atoms with Crippen LogP contribution in [0.2, 0.25) is 0 Å². The van der Waals surface area contributed by atoms with Gasteiger partial charge in [0.25, 0.3) is 0 Å². The molecule has 8 nitrogen and oxygen atoms in total. The Bertz CT molecular complexity index is 579. The van der Waals surface area contributed by atoms with Crippen LogP contribution in [0.25, 0.3) is 0 Å². The highest BCUT2D eigenvalue weighted by Crippen LogP contribution is 2.07. The molecule has 0 unspecified atom stereocenters. The van der Waals surface area contributed by atoms with E-state index in [2.05, 4.69) is 25.4 Å². The largest absolute Gasteiger partial charge is 0.478 e. The van der Waals surface area contributed by atoms with Crippen molar-refractivity contribution < 1.29 is 9.90 Å². The maximum Gasteiger partial charge on any atom is 0.339 e. The molecule has 0 aliphatic rings. The third-order valence-electron chi connectivity index (χ3n) is 2.26. The summed E-state index contributed by atoms with van der Waals surface area (Å²) in [5.74, 6) is -0.0727. The molecule has 18 heavy (non-hydrogen) atoms. The van der Waals surface area contributed by atoms with Crippen LogP contribution in [-0.2, 0) is 13.6 Å². The second-order valence-corrected chi connectivity index (χ2v) is 3.69. The fourth-order valence-corrected chi connectivity index (χ4v) is 1.39. The van der Waals surface area contributed by atoms with Gasteiger partial charge >= 0.3 is 5.97 Å². The monoisotopic (exact) mass is 248 g/mol. The van der Waals surface area contributed by atoms with Crippen molar-refractivity contribution in [2.45, 2.75) is 13.5 Å².